The lowest BCUT2D eigenvalue weighted by Crippen LogP contribution is -2.20. The number of aromatic nitrogens is 5. The van der Waals surface area contributed by atoms with Crippen LogP contribution in [-0.2, 0) is 24.1 Å². The van der Waals surface area contributed by atoms with Gasteiger partial charge in [-0.1, -0.05) is 17.7 Å². The smallest absolute Gasteiger partial charge is 0.322 e. The highest BCUT2D eigenvalue weighted by Gasteiger charge is 2.37. The molecule has 1 fully saturated rings. The molecule has 4 aromatic rings. The number of fused-ring (bicyclic) bond motifs is 1. The van der Waals surface area contributed by atoms with Crippen LogP contribution in [0.4, 0.5) is 23.2 Å². The summed E-state index contributed by atoms with van der Waals surface area (Å²) in [6.07, 6.45) is 0.00297. The first-order chi connectivity index (χ1) is 16.6. The summed E-state index contributed by atoms with van der Waals surface area (Å²) in [6, 6.07) is 5.13. The maximum absolute atomic E-state index is 13.7. The number of carbonyl (C=O) groups excluding carboxylic acids is 1. The predicted octanol–water partition coefficient (Wildman–Crippen LogP) is 5.31. The number of alkyl halides is 3. The Hall–Kier alpha value is -3.47. The molecule has 0 saturated heterocycles. The number of hydrogen-bond donors (Lipinski definition) is 1. The van der Waals surface area contributed by atoms with Gasteiger partial charge in [-0.3, -0.25) is 9.48 Å². The number of nitrogens with zero attached hydrogens (tertiary/aromatic N) is 5. The van der Waals surface area contributed by atoms with Gasteiger partial charge in [0.1, 0.15) is 12.4 Å². The Kier molecular flexibility index (Phi) is 5.74. The highest BCUT2D eigenvalue weighted by atomic mass is 35.5. The van der Waals surface area contributed by atoms with Gasteiger partial charge < -0.3 is 5.32 Å². The van der Waals surface area contributed by atoms with Crippen molar-refractivity contribution in [2.75, 3.05) is 5.32 Å². The van der Waals surface area contributed by atoms with Crippen molar-refractivity contribution in [1.82, 2.24) is 24.5 Å². The maximum atomic E-state index is 13.7. The van der Waals surface area contributed by atoms with Crippen LogP contribution in [-0.4, -0.2) is 30.5 Å². The van der Waals surface area contributed by atoms with Crippen LogP contribution in [0.2, 0.25) is 5.02 Å². The van der Waals surface area contributed by atoms with Crippen LogP contribution in [0.25, 0.3) is 11.0 Å². The van der Waals surface area contributed by atoms with Crippen LogP contribution in [0.15, 0.2) is 36.7 Å². The van der Waals surface area contributed by atoms with Gasteiger partial charge in [0.15, 0.2) is 5.65 Å². The van der Waals surface area contributed by atoms with E-state index >= 15 is 0 Å². The zero-order chi connectivity index (χ0) is 24.9. The van der Waals surface area contributed by atoms with E-state index < -0.39 is 23.5 Å². The molecule has 0 atom stereocenters. The van der Waals surface area contributed by atoms with E-state index in [1.165, 1.54) is 34.6 Å². The van der Waals surface area contributed by atoms with E-state index in [1.54, 1.807) is 12.3 Å². The molecule has 35 heavy (non-hydrogen) atoms. The molecule has 1 aromatic carbocycles. The largest absolute Gasteiger partial charge is 0.417 e. The van der Waals surface area contributed by atoms with Crippen molar-refractivity contribution in [3.05, 3.63) is 70.0 Å². The van der Waals surface area contributed by atoms with Crippen molar-refractivity contribution in [1.29, 1.82) is 0 Å². The number of pyridine rings is 1. The molecular formula is C23H19ClF4N6O. The molecular weight excluding hydrogens is 488 g/mol. The normalized spacial score (nSPS) is 14.0. The molecule has 0 unspecified atom stereocenters. The Bertz CT molecular complexity index is 1440. The van der Waals surface area contributed by atoms with Crippen molar-refractivity contribution in [2.45, 2.75) is 44.9 Å². The molecule has 0 radical (unpaired) electrons. The molecule has 1 aliphatic carbocycles. The number of hydrogen-bond acceptors (Lipinski definition) is 4. The molecule has 1 aliphatic rings. The first kappa shape index (κ1) is 23.3. The standard InChI is InChI=1S/C23H19ClF4N6O/c1-12-21-17(23(26,27)28)7-19(13-2-3-13)31-22(21)34(32-12)11-20(35)30-16-8-29-33(10-16)9-14-4-5-15(25)6-18(14)24/h4-8,10,13H,2-3,9,11H2,1H3,(H,30,35). The lowest BCUT2D eigenvalue weighted by molar-refractivity contribution is -0.136. The van der Waals surface area contributed by atoms with Gasteiger partial charge in [0, 0.05) is 22.8 Å². The van der Waals surface area contributed by atoms with Crippen LogP contribution in [0.5, 0.6) is 0 Å². The predicted molar refractivity (Wildman–Crippen MR) is 121 cm³/mol. The van der Waals surface area contributed by atoms with E-state index in [0.29, 0.717) is 16.9 Å². The van der Waals surface area contributed by atoms with Crippen molar-refractivity contribution >= 4 is 34.2 Å². The van der Waals surface area contributed by atoms with E-state index in [1.807, 2.05) is 0 Å². The first-order valence-corrected chi connectivity index (χ1v) is 11.2. The van der Waals surface area contributed by atoms with Gasteiger partial charge >= 0.3 is 6.18 Å². The number of halogens is 5. The third-order valence-corrected chi connectivity index (χ3v) is 6.11. The van der Waals surface area contributed by atoms with Gasteiger partial charge in [-0.15, -0.1) is 0 Å². The first-order valence-electron chi connectivity index (χ1n) is 10.8. The van der Waals surface area contributed by atoms with Crippen LogP contribution < -0.4 is 5.32 Å². The second kappa shape index (κ2) is 8.63. The summed E-state index contributed by atoms with van der Waals surface area (Å²) in [7, 11) is 0. The van der Waals surface area contributed by atoms with Gasteiger partial charge in [-0.05, 0) is 43.5 Å². The highest BCUT2D eigenvalue weighted by Crippen LogP contribution is 2.43. The van der Waals surface area contributed by atoms with Crippen molar-refractivity contribution in [3.8, 4) is 0 Å². The molecule has 0 aliphatic heterocycles. The summed E-state index contributed by atoms with van der Waals surface area (Å²) < 4.78 is 57.2. The number of carbonyl (C=O) groups is 1. The zero-order valence-electron chi connectivity index (χ0n) is 18.4. The molecule has 0 spiro atoms. The molecule has 1 saturated carbocycles. The highest BCUT2D eigenvalue weighted by molar-refractivity contribution is 6.31. The van der Waals surface area contributed by atoms with Gasteiger partial charge in [0.05, 0.1) is 35.1 Å². The van der Waals surface area contributed by atoms with E-state index in [9.17, 15) is 22.4 Å². The molecule has 12 heteroatoms. The van der Waals surface area contributed by atoms with Crippen LogP contribution in [0.3, 0.4) is 0 Å². The van der Waals surface area contributed by atoms with Crippen LogP contribution in [0.1, 0.15) is 41.3 Å². The Labute approximate surface area is 201 Å². The van der Waals surface area contributed by atoms with Crippen molar-refractivity contribution in [3.63, 3.8) is 0 Å². The Morgan fingerprint density at radius 3 is 2.71 bits per heavy atom. The summed E-state index contributed by atoms with van der Waals surface area (Å²) in [6.45, 7) is 1.40. The fourth-order valence-corrected chi connectivity index (χ4v) is 4.20. The minimum absolute atomic E-state index is 0.00145. The fraction of sp³-hybridized carbons (Fsp3) is 0.304. The maximum Gasteiger partial charge on any atom is 0.417 e. The molecule has 0 bridgehead atoms. The zero-order valence-corrected chi connectivity index (χ0v) is 19.2. The third kappa shape index (κ3) is 4.86. The summed E-state index contributed by atoms with van der Waals surface area (Å²) in [5.41, 5.74) is 0.797. The molecule has 7 nitrogen and oxygen atoms in total. The fourth-order valence-electron chi connectivity index (χ4n) is 3.97. The number of amides is 1. The quantitative estimate of drug-likeness (QED) is 0.359. The summed E-state index contributed by atoms with van der Waals surface area (Å²) in [5, 5.41) is 11.1. The van der Waals surface area contributed by atoms with Gasteiger partial charge in [-0.25, -0.2) is 14.1 Å². The van der Waals surface area contributed by atoms with Crippen molar-refractivity contribution < 1.29 is 22.4 Å². The second-order valence-electron chi connectivity index (χ2n) is 8.52. The van der Waals surface area contributed by atoms with Gasteiger partial charge in [0.25, 0.3) is 0 Å². The molecule has 3 heterocycles. The summed E-state index contributed by atoms with van der Waals surface area (Å²) >= 11 is 6.05. The number of aryl methyl sites for hydroxylation is 1. The minimum atomic E-state index is -4.56. The van der Waals surface area contributed by atoms with E-state index in [0.717, 1.165) is 18.9 Å². The molecule has 1 amide bonds. The Morgan fingerprint density at radius 1 is 1.26 bits per heavy atom. The third-order valence-electron chi connectivity index (χ3n) is 5.76. The molecule has 182 valence electrons. The van der Waals surface area contributed by atoms with E-state index in [4.69, 9.17) is 11.6 Å². The lowest BCUT2D eigenvalue weighted by Gasteiger charge is -2.11. The number of nitrogens with one attached hydrogen (secondary N) is 1. The topological polar surface area (TPSA) is 77.6 Å². The summed E-state index contributed by atoms with van der Waals surface area (Å²) in [4.78, 5) is 17.1. The number of anilines is 1. The van der Waals surface area contributed by atoms with Crippen molar-refractivity contribution in [2.24, 2.45) is 0 Å². The van der Waals surface area contributed by atoms with E-state index in [2.05, 4.69) is 20.5 Å². The number of benzene rings is 1. The van der Waals surface area contributed by atoms with Crippen LogP contribution >= 0.6 is 11.6 Å². The summed E-state index contributed by atoms with van der Waals surface area (Å²) in [5.74, 6) is -0.950. The van der Waals surface area contributed by atoms with E-state index in [-0.39, 0.29) is 40.8 Å². The van der Waals surface area contributed by atoms with Gasteiger partial charge in [-0.2, -0.15) is 23.4 Å². The SMILES string of the molecule is Cc1nn(CC(=O)Nc2cnn(Cc3ccc(F)cc3Cl)c2)c2nc(C3CC3)cc(C(F)(F)F)c12. The average molecular weight is 507 g/mol. The average Bonchev–Trinajstić information content (AvgIpc) is 3.47. The molecule has 5 rings (SSSR count). The lowest BCUT2D eigenvalue weighted by atomic mass is 10.1. The molecule has 3 aromatic heterocycles. The number of rotatable bonds is 6. The Morgan fingerprint density at radius 2 is 2.03 bits per heavy atom. The van der Waals surface area contributed by atoms with Gasteiger partial charge in [0.2, 0.25) is 5.91 Å². The second-order valence-corrected chi connectivity index (χ2v) is 8.93. The Balaban J connectivity index is 1.35. The minimum Gasteiger partial charge on any atom is -0.322 e. The monoisotopic (exact) mass is 506 g/mol. The van der Waals surface area contributed by atoms with Crippen LogP contribution in [0, 0.1) is 12.7 Å². The molecule has 1 N–H and O–H groups in total.